The van der Waals surface area contributed by atoms with E-state index in [4.69, 9.17) is 14.4 Å². The van der Waals surface area contributed by atoms with Gasteiger partial charge in [0.2, 0.25) is 11.8 Å². The van der Waals surface area contributed by atoms with Gasteiger partial charge >= 0.3 is 0 Å². The number of nitriles is 1. The highest BCUT2D eigenvalue weighted by Crippen LogP contribution is 2.34. The van der Waals surface area contributed by atoms with Crippen molar-refractivity contribution in [3.05, 3.63) is 65.3 Å². The SMILES string of the molecule is CCC(=O)N1CCO[C@@H](Cc2c(-c3c(F)cc(-c4nc(C#N)co4)cc3F)nc3cc(C)ccn23)C1. The molecule has 10 heteroatoms. The number of aromatic nitrogens is 3. The van der Waals surface area contributed by atoms with Crippen LogP contribution < -0.4 is 0 Å². The van der Waals surface area contributed by atoms with Crippen LogP contribution in [-0.4, -0.2) is 51.0 Å². The number of carbonyl (C=O) groups is 1. The molecule has 1 aliphatic heterocycles. The molecule has 5 rings (SSSR count). The van der Waals surface area contributed by atoms with Crippen molar-refractivity contribution in [2.24, 2.45) is 0 Å². The average Bonchev–Trinajstić information content (AvgIpc) is 3.48. The number of oxazole rings is 1. The lowest BCUT2D eigenvalue weighted by atomic mass is 10.0. The smallest absolute Gasteiger partial charge is 0.227 e. The second kappa shape index (κ2) is 9.51. The summed E-state index contributed by atoms with van der Waals surface area (Å²) in [5.41, 5.74) is 2.04. The van der Waals surface area contributed by atoms with Gasteiger partial charge in [0.15, 0.2) is 5.69 Å². The van der Waals surface area contributed by atoms with Gasteiger partial charge in [-0.2, -0.15) is 10.2 Å². The lowest BCUT2D eigenvalue weighted by Gasteiger charge is -2.33. The van der Waals surface area contributed by atoms with Gasteiger partial charge in [0.1, 0.15) is 29.6 Å². The molecule has 0 N–H and O–H groups in total. The van der Waals surface area contributed by atoms with Crippen LogP contribution in [0.25, 0.3) is 28.4 Å². The van der Waals surface area contributed by atoms with Gasteiger partial charge in [-0.05, 0) is 36.8 Å². The first-order chi connectivity index (χ1) is 17.4. The lowest BCUT2D eigenvalue weighted by molar-refractivity contribution is -0.138. The van der Waals surface area contributed by atoms with Crippen molar-refractivity contribution in [1.29, 1.82) is 5.26 Å². The van der Waals surface area contributed by atoms with Crippen LogP contribution >= 0.6 is 0 Å². The molecule has 1 saturated heterocycles. The Morgan fingerprint density at radius 1 is 1.25 bits per heavy atom. The van der Waals surface area contributed by atoms with E-state index in [1.165, 1.54) is 0 Å². The van der Waals surface area contributed by atoms with Crippen LogP contribution in [-0.2, 0) is 16.0 Å². The van der Waals surface area contributed by atoms with E-state index in [0.29, 0.717) is 43.9 Å². The van der Waals surface area contributed by atoms with Crippen LogP contribution in [0.3, 0.4) is 0 Å². The van der Waals surface area contributed by atoms with Crippen LogP contribution in [0.2, 0.25) is 0 Å². The predicted octanol–water partition coefficient (Wildman–Crippen LogP) is 4.29. The zero-order valence-electron chi connectivity index (χ0n) is 19.8. The number of hydrogen-bond donors (Lipinski definition) is 0. The summed E-state index contributed by atoms with van der Waals surface area (Å²) < 4.78 is 43.8. The number of hydrogen-bond acceptors (Lipinski definition) is 6. The Bertz CT molecular complexity index is 1480. The average molecular weight is 491 g/mol. The number of ether oxygens (including phenoxy) is 1. The molecule has 4 heterocycles. The molecular formula is C26H23F2N5O3. The van der Waals surface area contributed by atoms with Crippen molar-refractivity contribution < 1.29 is 22.7 Å². The molecule has 1 fully saturated rings. The Balaban J connectivity index is 1.58. The fourth-order valence-electron chi connectivity index (χ4n) is 4.48. The number of rotatable bonds is 5. The molecule has 0 bridgehead atoms. The number of imidazole rings is 1. The third-order valence-electron chi connectivity index (χ3n) is 6.24. The largest absolute Gasteiger partial charge is 0.443 e. The van der Waals surface area contributed by atoms with Gasteiger partial charge in [0.25, 0.3) is 0 Å². The van der Waals surface area contributed by atoms with Gasteiger partial charge < -0.3 is 18.5 Å². The first kappa shape index (κ1) is 23.6. The van der Waals surface area contributed by atoms with Crippen LogP contribution in [0, 0.1) is 29.9 Å². The molecule has 0 unspecified atom stereocenters. The van der Waals surface area contributed by atoms with Crippen LogP contribution in [0.5, 0.6) is 0 Å². The van der Waals surface area contributed by atoms with E-state index in [2.05, 4.69) is 9.97 Å². The zero-order valence-corrected chi connectivity index (χ0v) is 19.8. The van der Waals surface area contributed by atoms with Crippen molar-refractivity contribution in [2.45, 2.75) is 32.8 Å². The van der Waals surface area contributed by atoms with E-state index in [0.717, 1.165) is 24.0 Å². The van der Waals surface area contributed by atoms with Crippen molar-refractivity contribution >= 4 is 11.6 Å². The van der Waals surface area contributed by atoms with E-state index in [-0.39, 0.29) is 40.4 Å². The number of amides is 1. The first-order valence-electron chi connectivity index (χ1n) is 11.6. The maximum Gasteiger partial charge on any atom is 0.227 e. The van der Waals surface area contributed by atoms with Crippen molar-refractivity contribution in [3.8, 4) is 28.8 Å². The lowest BCUT2D eigenvalue weighted by Crippen LogP contribution is -2.46. The molecule has 1 aromatic carbocycles. The Kier molecular flexibility index (Phi) is 6.24. The third kappa shape index (κ3) is 4.33. The number of halogens is 2. The molecule has 8 nitrogen and oxygen atoms in total. The molecular weight excluding hydrogens is 468 g/mol. The maximum atomic E-state index is 15.4. The molecule has 1 amide bonds. The highest BCUT2D eigenvalue weighted by Gasteiger charge is 2.28. The van der Waals surface area contributed by atoms with Gasteiger partial charge in [-0.3, -0.25) is 4.79 Å². The maximum absolute atomic E-state index is 15.4. The monoisotopic (exact) mass is 491 g/mol. The quantitative estimate of drug-likeness (QED) is 0.413. The molecule has 0 radical (unpaired) electrons. The normalized spacial score (nSPS) is 15.9. The molecule has 0 saturated carbocycles. The molecule has 4 aromatic rings. The molecule has 36 heavy (non-hydrogen) atoms. The topological polar surface area (TPSA) is 96.7 Å². The highest BCUT2D eigenvalue weighted by molar-refractivity contribution is 5.76. The fraction of sp³-hybridized carbons (Fsp3) is 0.308. The minimum Gasteiger partial charge on any atom is -0.443 e. The summed E-state index contributed by atoms with van der Waals surface area (Å²) in [5, 5.41) is 8.95. The second-order valence-corrected chi connectivity index (χ2v) is 8.69. The number of benzene rings is 1. The van der Waals surface area contributed by atoms with Crippen molar-refractivity contribution in [1.82, 2.24) is 19.3 Å². The number of morpholine rings is 1. The van der Waals surface area contributed by atoms with Gasteiger partial charge in [0, 0.05) is 37.7 Å². The van der Waals surface area contributed by atoms with E-state index >= 15 is 8.78 Å². The Morgan fingerprint density at radius 2 is 2.03 bits per heavy atom. The number of aryl methyl sites for hydroxylation is 1. The van der Waals surface area contributed by atoms with Gasteiger partial charge in [0.05, 0.1) is 29.7 Å². The molecule has 0 spiro atoms. The Hall–Kier alpha value is -4.10. The van der Waals surface area contributed by atoms with Crippen LogP contribution in [0.15, 0.2) is 41.1 Å². The summed E-state index contributed by atoms with van der Waals surface area (Å²) in [7, 11) is 0. The summed E-state index contributed by atoms with van der Waals surface area (Å²) in [6.45, 7) is 5.02. The van der Waals surface area contributed by atoms with Gasteiger partial charge in [-0.25, -0.2) is 13.8 Å². The van der Waals surface area contributed by atoms with Gasteiger partial charge in [-0.1, -0.05) is 6.92 Å². The van der Waals surface area contributed by atoms with Crippen molar-refractivity contribution in [3.63, 3.8) is 0 Å². The minimum absolute atomic E-state index is 0.0102. The summed E-state index contributed by atoms with van der Waals surface area (Å²) in [4.78, 5) is 22.5. The minimum atomic E-state index is -0.838. The molecule has 1 atom stereocenters. The molecule has 3 aromatic heterocycles. The summed E-state index contributed by atoms with van der Waals surface area (Å²) in [6, 6.07) is 7.78. The number of carbonyl (C=O) groups excluding carboxylic acids is 1. The summed E-state index contributed by atoms with van der Waals surface area (Å²) in [5.74, 6) is -1.69. The van der Waals surface area contributed by atoms with E-state index < -0.39 is 11.6 Å². The predicted molar refractivity (Wildman–Crippen MR) is 126 cm³/mol. The van der Waals surface area contributed by atoms with Crippen LogP contribution in [0.4, 0.5) is 8.78 Å². The number of pyridine rings is 1. The Morgan fingerprint density at radius 3 is 2.72 bits per heavy atom. The number of fused-ring (bicyclic) bond motifs is 1. The summed E-state index contributed by atoms with van der Waals surface area (Å²) >= 11 is 0. The zero-order chi connectivity index (χ0) is 25.4. The second-order valence-electron chi connectivity index (χ2n) is 8.69. The van der Waals surface area contributed by atoms with Crippen LogP contribution in [0.1, 0.15) is 30.3 Å². The Labute approximate surface area is 205 Å². The molecule has 0 aliphatic carbocycles. The molecule has 184 valence electrons. The van der Waals surface area contributed by atoms with E-state index in [1.54, 1.807) is 9.30 Å². The van der Waals surface area contributed by atoms with E-state index in [9.17, 15) is 4.79 Å². The molecule has 1 aliphatic rings. The summed E-state index contributed by atoms with van der Waals surface area (Å²) in [6.07, 6.45) is 3.29. The first-order valence-corrected chi connectivity index (χ1v) is 11.6. The number of nitrogens with zero attached hydrogens (tertiary/aromatic N) is 5. The third-order valence-corrected chi connectivity index (χ3v) is 6.24. The van der Waals surface area contributed by atoms with Gasteiger partial charge in [-0.15, -0.1) is 0 Å². The standard InChI is InChI=1S/C26H23F2N5O3/c1-3-23(34)32-6-7-35-18(13-32)11-21-25(31-22-8-15(2)4-5-33(21)22)24-19(27)9-16(10-20(24)28)26-30-17(12-29)14-36-26/h4-5,8-10,14,18H,3,6-7,11,13H2,1-2H3/t18-/m0/s1. The fourth-order valence-corrected chi connectivity index (χ4v) is 4.48. The van der Waals surface area contributed by atoms with Crippen molar-refractivity contribution in [2.75, 3.05) is 19.7 Å². The highest BCUT2D eigenvalue weighted by atomic mass is 19.1. The van der Waals surface area contributed by atoms with E-state index in [1.807, 2.05) is 38.2 Å².